The van der Waals surface area contributed by atoms with Gasteiger partial charge in [0.1, 0.15) is 5.75 Å². The molecule has 0 bridgehead atoms. The molecule has 98 valence electrons. The Morgan fingerprint density at radius 1 is 1.44 bits per heavy atom. The predicted octanol–water partition coefficient (Wildman–Crippen LogP) is 1.51. The number of piperidine rings is 1. The summed E-state index contributed by atoms with van der Waals surface area (Å²) in [5.41, 5.74) is 7.03. The van der Waals surface area contributed by atoms with Gasteiger partial charge < -0.3 is 15.7 Å². The number of hydrogen-bond donors (Lipinski definition) is 2. The van der Waals surface area contributed by atoms with Gasteiger partial charge in [-0.2, -0.15) is 0 Å². The van der Waals surface area contributed by atoms with Crippen molar-refractivity contribution in [1.29, 1.82) is 0 Å². The quantitative estimate of drug-likeness (QED) is 0.791. The molecule has 4 heteroatoms. The van der Waals surface area contributed by atoms with E-state index in [2.05, 4.69) is 6.92 Å². The number of aromatic hydroxyl groups is 1. The minimum Gasteiger partial charge on any atom is -0.507 e. The molecule has 1 aliphatic heterocycles. The summed E-state index contributed by atoms with van der Waals surface area (Å²) in [6.07, 6.45) is 0.948. The van der Waals surface area contributed by atoms with Crippen molar-refractivity contribution in [3.8, 4) is 5.75 Å². The second kappa shape index (κ2) is 4.98. The van der Waals surface area contributed by atoms with Gasteiger partial charge in [-0.25, -0.2) is 0 Å². The number of nitrogens with zero attached hydrogens (tertiary/aromatic N) is 1. The van der Waals surface area contributed by atoms with Crippen LogP contribution >= 0.6 is 0 Å². The highest BCUT2D eigenvalue weighted by Gasteiger charge is 2.27. The minimum atomic E-state index is -0.127. The summed E-state index contributed by atoms with van der Waals surface area (Å²) in [5.74, 6) is 0.358. The number of carbonyl (C=O) groups excluding carboxylic acids is 1. The van der Waals surface area contributed by atoms with E-state index in [1.54, 1.807) is 30.0 Å². The SMILES string of the molecule is Cc1cccc(C(=O)N2CC(C)CC(N)C2)c1O. The van der Waals surface area contributed by atoms with E-state index in [-0.39, 0.29) is 17.7 Å². The van der Waals surface area contributed by atoms with E-state index in [1.807, 2.05) is 0 Å². The zero-order valence-electron chi connectivity index (χ0n) is 10.9. The topological polar surface area (TPSA) is 66.6 Å². The second-order valence-electron chi connectivity index (χ2n) is 5.28. The van der Waals surface area contributed by atoms with E-state index in [1.165, 1.54) is 0 Å². The number of aryl methyl sites for hydroxylation is 1. The average molecular weight is 248 g/mol. The Morgan fingerprint density at radius 2 is 2.17 bits per heavy atom. The van der Waals surface area contributed by atoms with Gasteiger partial charge >= 0.3 is 0 Å². The molecule has 2 atom stereocenters. The van der Waals surface area contributed by atoms with Crippen molar-refractivity contribution < 1.29 is 9.90 Å². The normalized spacial score (nSPS) is 24.1. The molecule has 18 heavy (non-hydrogen) atoms. The van der Waals surface area contributed by atoms with Crippen molar-refractivity contribution in [2.24, 2.45) is 11.7 Å². The first-order valence-corrected chi connectivity index (χ1v) is 6.32. The first-order chi connectivity index (χ1) is 8.49. The molecule has 1 amide bonds. The average Bonchev–Trinajstić information content (AvgIpc) is 2.30. The number of benzene rings is 1. The maximum atomic E-state index is 12.4. The van der Waals surface area contributed by atoms with Gasteiger partial charge in [0.15, 0.2) is 0 Å². The second-order valence-corrected chi connectivity index (χ2v) is 5.28. The summed E-state index contributed by atoms with van der Waals surface area (Å²) in [5, 5.41) is 9.95. The number of nitrogens with two attached hydrogens (primary N) is 1. The molecule has 1 saturated heterocycles. The fourth-order valence-corrected chi connectivity index (χ4v) is 2.57. The zero-order chi connectivity index (χ0) is 13.3. The molecule has 0 aliphatic carbocycles. The van der Waals surface area contributed by atoms with Crippen LogP contribution in [0.5, 0.6) is 5.75 Å². The molecule has 4 nitrogen and oxygen atoms in total. The van der Waals surface area contributed by atoms with Crippen LogP contribution < -0.4 is 5.73 Å². The Labute approximate surface area is 107 Å². The molecule has 3 N–H and O–H groups in total. The maximum Gasteiger partial charge on any atom is 0.257 e. The lowest BCUT2D eigenvalue weighted by Crippen LogP contribution is -2.48. The fourth-order valence-electron chi connectivity index (χ4n) is 2.57. The Morgan fingerprint density at radius 3 is 2.83 bits per heavy atom. The molecular formula is C14H20N2O2. The van der Waals surface area contributed by atoms with Crippen molar-refractivity contribution in [2.45, 2.75) is 26.3 Å². The van der Waals surface area contributed by atoms with Gasteiger partial charge in [0.05, 0.1) is 5.56 Å². The number of phenolic OH excluding ortho intramolecular Hbond substituents is 1. The van der Waals surface area contributed by atoms with Gasteiger partial charge in [0.2, 0.25) is 0 Å². The monoisotopic (exact) mass is 248 g/mol. The van der Waals surface area contributed by atoms with Gasteiger partial charge in [0.25, 0.3) is 5.91 Å². The van der Waals surface area contributed by atoms with Gasteiger partial charge in [0, 0.05) is 19.1 Å². The maximum absolute atomic E-state index is 12.4. The van der Waals surface area contributed by atoms with E-state index in [9.17, 15) is 9.90 Å². The number of para-hydroxylation sites is 1. The summed E-state index contributed by atoms with van der Waals surface area (Å²) in [6, 6.07) is 5.27. The van der Waals surface area contributed by atoms with Crippen LogP contribution in [0.15, 0.2) is 18.2 Å². The van der Waals surface area contributed by atoms with Crippen LogP contribution in [0.25, 0.3) is 0 Å². The lowest BCUT2D eigenvalue weighted by atomic mass is 9.95. The molecule has 1 heterocycles. The molecule has 0 aromatic heterocycles. The van der Waals surface area contributed by atoms with Gasteiger partial charge in [-0.15, -0.1) is 0 Å². The molecule has 1 aromatic carbocycles. The molecule has 1 fully saturated rings. The van der Waals surface area contributed by atoms with E-state index < -0.39 is 0 Å². The predicted molar refractivity (Wildman–Crippen MR) is 70.5 cm³/mol. The van der Waals surface area contributed by atoms with Crippen LogP contribution in [0.1, 0.15) is 29.3 Å². The lowest BCUT2D eigenvalue weighted by molar-refractivity contribution is 0.0658. The summed E-state index contributed by atoms with van der Waals surface area (Å²) in [7, 11) is 0. The van der Waals surface area contributed by atoms with Crippen LogP contribution in [0.3, 0.4) is 0 Å². The van der Waals surface area contributed by atoms with Crippen molar-refractivity contribution in [1.82, 2.24) is 4.90 Å². The van der Waals surface area contributed by atoms with Gasteiger partial charge in [-0.3, -0.25) is 4.79 Å². The fraction of sp³-hybridized carbons (Fsp3) is 0.500. The Bertz CT molecular complexity index is 449. The highest BCUT2D eigenvalue weighted by atomic mass is 16.3. The van der Waals surface area contributed by atoms with E-state index >= 15 is 0 Å². The summed E-state index contributed by atoms with van der Waals surface area (Å²) in [4.78, 5) is 14.1. The number of hydrogen-bond acceptors (Lipinski definition) is 3. The summed E-state index contributed by atoms with van der Waals surface area (Å²) in [6.45, 7) is 5.16. The van der Waals surface area contributed by atoms with Crippen LogP contribution in [0.2, 0.25) is 0 Å². The highest BCUT2D eigenvalue weighted by molar-refractivity contribution is 5.97. The van der Waals surface area contributed by atoms with Crippen LogP contribution in [0, 0.1) is 12.8 Å². The van der Waals surface area contributed by atoms with Crippen LogP contribution in [0.4, 0.5) is 0 Å². The van der Waals surface area contributed by atoms with Gasteiger partial charge in [-0.1, -0.05) is 19.1 Å². The largest absolute Gasteiger partial charge is 0.507 e. The summed E-state index contributed by atoms with van der Waals surface area (Å²) >= 11 is 0. The smallest absolute Gasteiger partial charge is 0.257 e. The van der Waals surface area contributed by atoms with Crippen molar-refractivity contribution >= 4 is 5.91 Å². The molecule has 0 saturated carbocycles. The van der Waals surface area contributed by atoms with Crippen molar-refractivity contribution in [3.63, 3.8) is 0 Å². The molecule has 1 aliphatic rings. The molecule has 0 spiro atoms. The van der Waals surface area contributed by atoms with E-state index in [0.29, 0.717) is 24.6 Å². The number of carbonyl (C=O) groups is 1. The third kappa shape index (κ3) is 2.48. The number of amides is 1. The third-order valence-electron chi connectivity index (χ3n) is 3.45. The zero-order valence-corrected chi connectivity index (χ0v) is 10.9. The minimum absolute atomic E-state index is 0.0321. The number of likely N-dealkylation sites (tertiary alicyclic amines) is 1. The Hall–Kier alpha value is -1.55. The molecule has 1 aromatic rings. The standard InChI is InChI=1S/C14H20N2O2/c1-9-6-11(15)8-16(7-9)14(18)12-5-3-4-10(2)13(12)17/h3-5,9,11,17H,6-8,15H2,1-2H3. The first kappa shape index (κ1) is 12.9. The van der Waals surface area contributed by atoms with Crippen molar-refractivity contribution in [3.05, 3.63) is 29.3 Å². The molecule has 0 radical (unpaired) electrons. The molecule has 2 unspecified atom stereocenters. The van der Waals surface area contributed by atoms with Crippen LogP contribution in [-0.4, -0.2) is 35.0 Å². The first-order valence-electron chi connectivity index (χ1n) is 6.32. The summed E-state index contributed by atoms with van der Waals surface area (Å²) < 4.78 is 0. The van der Waals surface area contributed by atoms with E-state index in [0.717, 1.165) is 12.0 Å². The van der Waals surface area contributed by atoms with E-state index in [4.69, 9.17) is 5.73 Å². The molecular weight excluding hydrogens is 228 g/mol. The third-order valence-corrected chi connectivity index (χ3v) is 3.45. The Balaban J connectivity index is 2.23. The highest BCUT2D eigenvalue weighted by Crippen LogP contribution is 2.25. The lowest BCUT2D eigenvalue weighted by Gasteiger charge is -2.35. The van der Waals surface area contributed by atoms with Gasteiger partial charge in [-0.05, 0) is 30.9 Å². The van der Waals surface area contributed by atoms with Crippen molar-refractivity contribution in [2.75, 3.05) is 13.1 Å². The van der Waals surface area contributed by atoms with Crippen LogP contribution in [-0.2, 0) is 0 Å². The molecule has 2 rings (SSSR count). The number of rotatable bonds is 1. The Kier molecular flexibility index (Phi) is 3.57. The number of phenols is 1.